The van der Waals surface area contributed by atoms with Crippen LogP contribution in [0.15, 0.2) is 66.7 Å². The largest absolute Gasteiger partial charge is 0.511 e. The van der Waals surface area contributed by atoms with Gasteiger partial charge in [0.2, 0.25) is 0 Å². The molecule has 0 saturated carbocycles. The van der Waals surface area contributed by atoms with Gasteiger partial charge in [-0.25, -0.2) is 9.78 Å². The van der Waals surface area contributed by atoms with Gasteiger partial charge in [0.25, 0.3) is 0 Å². The Kier molecular flexibility index (Phi) is 5.89. The number of benzene rings is 3. The minimum atomic E-state index is -1.32. The van der Waals surface area contributed by atoms with Crippen molar-refractivity contribution in [2.75, 3.05) is 5.73 Å². The molecule has 0 bridgehead atoms. The standard InChI is InChI=1S/C25H25N3O3/c1-2-3-8-24-27-21-14-13-19(26)15-22(21)28(24)16-17-9-11-18(12-10-17)20-6-4-5-7-23(20)31-25(29)30/h4-7,9-15H,2-3,8,16,26H2,1H3,(H,29,30). The van der Waals surface area contributed by atoms with E-state index in [0.717, 1.165) is 58.5 Å². The highest BCUT2D eigenvalue weighted by molar-refractivity contribution is 5.80. The summed E-state index contributed by atoms with van der Waals surface area (Å²) < 4.78 is 7.15. The van der Waals surface area contributed by atoms with Gasteiger partial charge < -0.3 is 20.1 Å². The van der Waals surface area contributed by atoms with Gasteiger partial charge >= 0.3 is 6.16 Å². The predicted molar refractivity (Wildman–Crippen MR) is 122 cm³/mol. The van der Waals surface area contributed by atoms with Gasteiger partial charge in [0, 0.05) is 24.2 Å². The summed E-state index contributed by atoms with van der Waals surface area (Å²) in [4.78, 5) is 15.8. The van der Waals surface area contributed by atoms with Gasteiger partial charge in [0.1, 0.15) is 11.6 Å². The summed E-state index contributed by atoms with van der Waals surface area (Å²) in [5.74, 6) is 1.38. The van der Waals surface area contributed by atoms with Crippen molar-refractivity contribution >= 4 is 22.9 Å². The Hall–Kier alpha value is -3.80. The molecule has 0 fully saturated rings. The number of rotatable bonds is 7. The first-order chi connectivity index (χ1) is 15.0. The quantitative estimate of drug-likeness (QED) is 0.228. The fraction of sp³-hybridized carbons (Fsp3) is 0.200. The Morgan fingerprint density at radius 1 is 1.10 bits per heavy atom. The number of nitrogens with zero attached hydrogens (tertiary/aromatic N) is 2. The Bertz CT molecular complexity index is 1210. The molecule has 6 heteroatoms. The molecule has 0 atom stereocenters. The van der Waals surface area contributed by atoms with Gasteiger partial charge in [0.15, 0.2) is 0 Å². The highest BCUT2D eigenvalue weighted by atomic mass is 16.7. The van der Waals surface area contributed by atoms with Crippen LogP contribution in [0.25, 0.3) is 22.2 Å². The number of aryl methyl sites for hydroxylation is 1. The lowest BCUT2D eigenvalue weighted by molar-refractivity contribution is 0.144. The lowest BCUT2D eigenvalue weighted by Gasteiger charge is -2.12. The molecule has 4 aromatic rings. The number of imidazole rings is 1. The molecule has 0 unspecified atom stereocenters. The Labute approximate surface area is 180 Å². The number of nitrogens with two attached hydrogens (primary N) is 1. The molecule has 3 N–H and O–H groups in total. The first-order valence-electron chi connectivity index (χ1n) is 10.4. The monoisotopic (exact) mass is 415 g/mol. The summed E-state index contributed by atoms with van der Waals surface area (Å²) in [5, 5.41) is 8.98. The lowest BCUT2D eigenvalue weighted by atomic mass is 10.0. The number of ether oxygens (including phenoxy) is 1. The molecule has 0 amide bonds. The molecule has 0 aliphatic rings. The van der Waals surface area contributed by atoms with E-state index in [1.165, 1.54) is 0 Å². The van der Waals surface area contributed by atoms with E-state index in [9.17, 15) is 4.79 Å². The van der Waals surface area contributed by atoms with Crippen molar-refractivity contribution in [2.45, 2.75) is 32.7 Å². The van der Waals surface area contributed by atoms with Crippen molar-refractivity contribution in [3.63, 3.8) is 0 Å². The molecule has 1 aromatic heterocycles. The zero-order chi connectivity index (χ0) is 21.8. The van der Waals surface area contributed by atoms with Crippen LogP contribution in [0.4, 0.5) is 10.5 Å². The second kappa shape index (κ2) is 8.92. The average molecular weight is 415 g/mol. The minimum Gasteiger partial charge on any atom is -0.449 e. The predicted octanol–water partition coefficient (Wildman–Crippen LogP) is 5.73. The summed E-state index contributed by atoms with van der Waals surface area (Å²) in [6.07, 6.45) is 1.79. The SMILES string of the molecule is CCCCc1nc2ccc(N)cc2n1Cc1ccc(-c2ccccc2OC(=O)O)cc1. The van der Waals surface area contributed by atoms with Crippen LogP contribution < -0.4 is 10.5 Å². The second-order valence-corrected chi connectivity index (χ2v) is 7.53. The summed E-state index contributed by atoms with van der Waals surface area (Å²) in [7, 11) is 0. The van der Waals surface area contributed by atoms with Crippen LogP contribution in [0.5, 0.6) is 5.75 Å². The summed E-state index contributed by atoms with van der Waals surface area (Å²) in [5.41, 5.74) is 11.5. The third kappa shape index (κ3) is 4.53. The third-order valence-corrected chi connectivity index (χ3v) is 5.30. The number of unbranched alkanes of at least 4 members (excludes halogenated alkanes) is 1. The number of hydrogen-bond acceptors (Lipinski definition) is 4. The smallest absolute Gasteiger partial charge is 0.449 e. The molecule has 0 aliphatic heterocycles. The number of hydrogen-bond donors (Lipinski definition) is 2. The number of carboxylic acid groups (broad SMARTS) is 1. The normalized spacial score (nSPS) is 11.0. The van der Waals surface area contributed by atoms with E-state index in [2.05, 4.69) is 23.6 Å². The Morgan fingerprint density at radius 3 is 2.61 bits per heavy atom. The van der Waals surface area contributed by atoms with E-state index >= 15 is 0 Å². The second-order valence-electron chi connectivity index (χ2n) is 7.53. The minimum absolute atomic E-state index is 0.320. The number of carbonyl (C=O) groups is 1. The maximum absolute atomic E-state index is 11.0. The van der Waals surface area contributed by atoms with Gasteiger partial charge in [-0.2, -0.15) is 0 Å². The van der Waals surface area contributed by atoms with Crippen LogP contribution in [0.1, 0.15) is 31.2 Å². The molecular formula is C25H25N3O3. The maximum atomic E-state index is 11.0. The van der Waals surface area contributed by atoms with Gasteiger partial charge in [-0.05, 0) is 41.8 Å². The van der Waals surface area contributed by atoms with Crippen LogP contribution in [0.3, 0.4) is 0 Å². The van der Waals surface area contributed by atoms with E-state index in [4.69, 9.17) is 20.6 Å². The molecule has 158 valence electrons. The molecule has 1 heterocycles. The highest BCUT2D eigenvalue weighted by Gasteiger charge is 2.13. The zero-order valence-corrected chi connectivity index (χ0v) is 17.4. The molecule has 3 aromatic carbocycles. The van der Waals surface area contributed by atoms with Crippen LogP contribution in [-0.2, 0) is 13.0 Å². The first-order valence-corrected chi connectivity index (χ1v) is 10.4. The fourth-order valence-corrected chi connectivity index (χ4v) is 3.75. The van der Waals surface area contributed by atoms with Gasteiger partial charge in [0.05, 0.1) is 11.0 Å². The third-order valence-electron chi connectivity index (χ3n) is 5.30. The summed E-state index contributed by atoms with van der Waals surface area (Å²) in [6.45, 7) is 2.86. The van der Waals surface area contributed by atoms with Crippen LogP contribution >= 0.6 is 0 Å². The number of nitrogen functional groups attached to an aromatic ring is 1. The van der Waals surface area contributed by atoms with Crippen molar-refractivity contribution in [3.8, 4) is 16.9 Å². The van der Waals surface area contributed by atoms with E-state index < -0.39 is 6.16 Å². The van der Waals surface area contributed by atoms with Crippen molar-refractivity contribution in [3.05, 3.63) is 78.1 Å². The molecule has 31 heavy (non-hydrogen) atoms. The van der Waals surface area contributed by atoms with Crippen molar-refractivity contribution in [1.29, 1.82) is 0 Å². The molecule has 0 aliphatic carbocycles. The molecule has 6 nitrogen and oxygen atoms in total. The van der Waals surface area contributed by atoms with Crippen LogP contribution in [0.2, 0.25) is 0 Å². The van der Waals surface area contributed by atoms with E-state index in [1.807, 2.05) is 42.5 Å². The average Bonchev–Trinajstić information content (AvgIpc) is 3.09. The molecule has 0 saturated heterocycles. The number of fused-ring (bicyclic) bond motifs is 1. The number of para-hydroxylation sites is 1. The van der Waals surface area contributed by atoms with Gasteiger partial charge in [-0.1, -0.05) is 55.8 Å². The van der Waals surface area contributed by atoms with E-state index in [1.54, 1.807) is 12.1 Å². The van der Waals surface area contributed by atoms with E-state index in [0.29, 0.717) is 12.3 Å². The Morgan fingerprint density at radius 2 is 1.87 bits per heavy atom. The van der Waals surface area contributed by atoms with Crippen molar-refractivity contribution < 1.29 is 14.6 Å². The van der Waals surface area contributed by atoms with Crippen LogP contribution in [-0.4, -0.2) is 20.8 Å². The summed E-state index contributed by atoms with van der Waals surface area (Å²) in [6, 6.07) is 21.0. The number of aromatic nitrogens is 2. The lowest BCUT2D eigenvalue weighted by Crippen LogP contribution is -2.06. The molecule has 4 rings (SSSR count). The highest BCUT2D eigenvalue weighted by Crippen LogP contribution is 2.30. The maximum Gasteiger partial charge on any atom is 0.511 e. The molecule has 0 radical (unpaired) electrons. The Balaban J connectivity index is 1.65. The van der Waals surface area contributed by atoms with Crippen molar-refractivity contribution in [2.24, 2.45) is 0 Å². The molecule has 0 spiro atoms. The van der Waals surface area contributed by atoms with E-state index in [-0.39, 0.29) is 0 Å². The van der Waals surface area contributed by atoms with Gasteiger partial charge in [-0.3, -0.25) is 0 Å². The first kappa shape index (κ1) is 20.5. The topological polar surface area (TPSA) is 90.4 Å². The molecular weight excluding hydrogens is 390 g/mol. The number of anilines is 1. The summed E-state index contributed by atoms with van der Waals surface area (Å²) >= 11 is 0. The van der Waals surface area contributed by atoms with Gasteiger partial charge in [-0.15, -0.1) is 0 Å². The zero-order valence-electron chi connectivity index (χ0n) is 17.4. The van der Waals surface area contributed by atoms with Crippen molar-refractivity contribution in [1.82, 2.24) is 9.55 Å². The fourth-order valence-electron chi connectivity index (χ4n) is 3.75. The van der Waals surface area contributed by atoms with Crippen LogP contribution in [0, 0.1) is 0 Å².